The van der Waals surface area contributed by atoms with Gasteiger partial charge in [0.2, 0.25) is 0 Å². The minimum Gasteiger partial charge on any atom is -0.494 e. The van der Waals surface area contributed by atoms with Crippen LogP contribution < -0.4 is 10.1 Å². The molecule has 0 aliphatic rings. The molecule has 7 heteroatoms. The smallest absolute Gasteiger partial charge is 0.182 e. The number of rotatable bonds is 4. The van der Waals surface area contributed by atoms with Gasteiger partial charge in [-0.05, 0) is 49.6 Å². The summed E-state index contributed by atoms with van der Waals surface area (Å²) in [5, 5.41) is 2.67. The highest BCUT2D eigenvalue weighted by atomic mass is 79.9. The van der Waals surface area contributed by atoms with Crippen molar-refractivity contribution >= 4 is 37.5 Å². The van der Waals surface area contributed by atoms with Crippen LogP contribution in [0.5, 0.6) is 5.75 Å². The summed E-state index contributed by atoms with van der Waals surface area (Å²) in [5.74, 6) is -2.55. The fourth-order valence-electron chi connectivity index (χ4n) is 1.79. The molecular formula is C14H10Br2F3NO. The van der Waals surface area contributed by atoms with Crippen molar-refractivity contribution < 1.29 is 17.9 Å². The van der Waals surface area contributed by atoms with Gasteiger partial charge in [-0.1, -0.05) is 0 Å². The number of nitrogens with one attached hydrogen (secondary N) is 1. The standard InChI is InChI=1S/C14H10Br2F3NO/c1-21-14-9(15)2-7(3-10(14)16)6-20-12-5-8(17)4-11(18)13(12)19/h2-5,20H,6H2,1H3. The summed E-state index contributed by atoms with van der Waals surface area (Å²) in [5.41, 5.74) is 0.550. The lowest BCUT2D eigenvalue weighted by atomic mass is 10.2. The molecule has 0 fully saturated rings. The molecule has 0 saturated carbocycles. The van der Waals surface area contributed by atoms with Crippen molar-refractivity contribution in [1.29, 1.82) is 0 Å². The second-order valence-corrected chi connectivity index (χ2v) is 5.90. The number of benzene rings is 2. The lowest BCUT2D eigenvalue weighted by Gasteiger charge is -2.11. The van der Waals surface area contributed by atoms with Crippen molar-refractivity contribution in [3.8, 4) is 5.75 Å². The van der Waals surface area contributed by atoms with Crippen LogP contribution in [0.15, 0.2) is 33.2 Å². The van der Waals surface area contributed by atoms with Gasteiger partial charge in [-0.2, -0.15) is 0 Å². The van der Waals surface area contributed by atoms with Crippen molar-refractivity contribution in [2.75, 3.05) is 12.4 Å². The molecule has 2 nitrogen and oxygen atoms in total. The molecule has 21 heavy (non-hydrogen) atoms. The largest absolute Gasteiger partial charge is 0.494 e. The monoisotopic (exact) mass is 423 g/mol. The summed E-state index contributed by atoms with van der Waals surface area (Å²) in [6, 6.07) is 4.95. The summed E-state index contributed by atoms with van der Waals surface area (Å²) in [4.78, 5) is 0. The maximum absolute atomic E-state index is 13.5. The maximum Gasteiger partial charge on any atom is 0.182 e. The highest BCUT2D eigenvalue weighted by molar-refractivity contribution is 9.11. The van der Waals surface area contributed by atoms with Crippen LogP contribution in [0.2, 0.25) is 0 Å². The van der Waals surface area contributed by atoms with Crippen molar-refractivity contribution in [2.24, 2.45) is 0 Å². The first-order valence-electron chi connectivity index (χ1n) is 5.82. The lowest BCUT2D eigenvalue weighted by Crippen LogP contribution is -2.04. The summed E-state index contributed by atoms with van der Waals surface area (Å²) in [6.07, 6.45) is 0. The molecule has 0 aliphatic carbocycles. The van der Waals surface area contributed by atoms with E-state index in [-0.39, 0.29) is 12.2 Å². The highest BCUT2D eigenvalue weighted by Gasteiger charge is 2.12. The van der Waals surface area contributed by atoms with E-state index >= 15 is 0 Å². The fourth-order valence-corrected chi connectivity index (χ4v) is 3.40. The Morgan fingerprint density at radius 1 is 1.05 bits per heavy atom. The molecule has 0 saturated heterocycles. The van der Waals surface area contributed by atoms with Crippen molar-refractivity contribution in [2.45, 2.75) is 6.54 Å². The quantitative estimate of drug-likeness (QED) is 0.677. The van der Waals surface area contributed by atoms with Gasteiger partial charge in [0, 0.05) is 18.7 Å². The van der Waals surface area contributed by atoms with Crippen LogP contribution in [0, 0.1) is 17.5 Å². The summed E-state index contributed by atoms with van der Waals surface area (Å²) >= 11 is 6.69. The van der Waals surface area contributed by atoms with Gasteiger partial charge in [-0.3, -0.25) is 0 Å². The third kappa shape index (κ3) is 3.71. The van der Waals surface area contributed by atoms with Crippen LogP contribution in [0.4, 0.5) is 18.9 Å². The third-order valence-corrected chi connectivity index (χ3v) is 3.92. The van der Waals surface area contributed by atoms with Gasteiger partial charge >= 0.3 is 0 Å². The number of hydrogen-bond acceptors (Lipinski definition) is 2. The van der Waals surface area contributed by atoms with Gasteiger partial charge in [-0.25, -0.2) is 13.2 Å². The zero-order chi connectivity index (χ0) is 15.6. The number of ether oxygens (including phenoxy) is 1. The average Bonchev–Trinajstić information content (AvgIpc) is 2.41. The molecule has 0 amide bonds. The van der Waals surface area contributed by atoms with Crippen LogP contribution in [-0.2, 0) is 6.54 Å². The lowest BCUT2D eigenvalue weighted by molar-refractivity contribution is 0.409. The van der Waals surface area contributed by atoms with Gasteiger partial charge in [0.15, 0.2) is 11.6 Å². The normalized spacial score (nSPS) is 10.6. The van der Waals surface area contributed by atoms with Gasteiger partial charge < -0.3 is 10.1 Å². The van der Waals surface area contributed by atoms with E-state index in [1.54, 1.807) is 12.1 Å². The second-order valence-electron chi connectivity index (χ2n) is 4.20. The molecule has 0 radical (unpaired) electrons. The molecule has 2 rings (SSSR count). The molecule has 0 heterocycles. The predicted molar refractivity (Wildman–Crippen MR) is 82.0 cm³/mol. The second kappa shape index (κ2) is 6.70. The highest BCUT2D eigenvalue weighted by Crippen LogP contribution is 2.34. The number of methoxy groups -OCH3 is 1. The minimum absolute atomic E-state index is 0.195. The first-order valence-corrected chi connectivity index (χ1v) is 7.41. The van der Waals surface area contributed by atoms with Crippen molar-refractivity contribution in [3.63, 3.8) is 0 Å². The Balaban J connectivity index is 2.21. The van der Waals surface area contributed by atoms with E-state index in [9.17, 15) is 13.2 Å². The van der Waals surface area contributed by atoms with Crippen LogP contribution in [-0.4, -0.2) is 7.11 Å². The van der Waals surface area contributed by atoms with Crippen LogP contribution >= 0.6 is 31.9 Å². The Kier molecular flexibility index (Phi) is 5.16. The Morgan fingerprint density at radius 2 is 1.67 bits per heavy atom. The molecule has 0 bridgehead atoms. The Bertz CT molecular complexity index is 657. The van der Waals surface area contributed by atoms with Gasteiger partial charge in [0.1, 0.15) is 11.6 Å². The van der Waals surface area contributed by atoms with E-state index in [2.05, 4.69) is 37.2 Å². The molecule has 1 N–H and O–H groups in total. The van der Waals surface area contributed by atoms with E-state index in [4.69, 9.17) is 4.74 Å². The van der Waals surface area contributed by atoms with E-state index in [1.807, 2.05) is 0 Å². The van der Waals surface area contributed by atoms with Crippen molar-refractivity contribution in [1.82, 2.24) is 0 Å². The Morgan fingerprint density at radius 3 is 2.24 bits per heavy atom. The van der Waals surface area contributed by atoms with Crippen molar-refractivity contribution in [3.05, 3.63) is 56.2 Å². The van der Waals surface area contributed by atoms with Crippen LogP contribution in [0.3, 0.4) is 0 Å². The summed E-state index contributed by atoms with van der Waals surface area (Å²) in [7, 11) is 1.54. The van der Waals surface area contributed by atoms with E-state index in [0.717, 1.165) is 11.6 Å². The molecule has 0 atom stereocenters. The number of hydrogen-bond donors (Lipinski definition) is 1. The molecule has 0 spiro atoms. The van der Waals surface area contributed by atoms with E-state index in [1.165, 1.54) is 7.11 Å². The zero-order valence-corrected chi connectivity index (χ0v) is 14.0. The SMILES string of the molecule is COc1c(Br)cc(CNc2cc(F)cc(F)c2F)cc1Br. The molecule has 112 valence electrons. The first kappa shape index (κ1) is 16.2. The topological polar surface area (TPSA) is 21.3 Å². The van der Waals surface area contributed by atoms with Gasteiger partial charge in [0.05, 0.1) is 21.7 Å². The molecular weight excluding hydrogens is 415 g/mol. The molecule has 0 unspecified atom stereocenters. The van der Waals surface area contributed by atoms with Crippen LogP contribution in [0.1, 0.15) is 5.56 Å². The molecule has 0 aromatic heterocycles. The number of anilines is 1. The minimum atomic E-state index is -1.23. The fraction of sp³-hybridized carbons (Fsp3) is 0.143. The van der Waals surface area contributed by atoms with Gasteiger partial charge in [-0.15, -0.1) is 0 Å². The Labute approximate surface area is 136 Å². The van der Waals surface area contributed by atoms with Gasteiger partial charge in [0.25, 0.3) is 0 Å². The zero-order valence-electron chi connectivity index (χ0n) is 10.8. The molecule has 2 aromatic carbocycles. The third-order valence-electron chi connectivity index (χ3n) is 2.74. The summed E-state index contributed by atoms with van der Waals surface area (Å²) in [6.45, 7) is 0.195. The number of halogens is 5. The maximum atomic E-state index is 13.5. The van der Waals surface area contributed by atoms with E-state index in [0.29, 0.717) is 20.8 Å². The first-order chi connectivity index (χ1) is 9.92. The molecule has 0 aliphatic heterocycles. The van der Waals surface area contributed by atoms with E-state index < -0.39 is 17.5 Å². The molecule has 2 aromatic rings. The Hall–Kier alpha value is -1.21. The average molecular weight is 425 g/mol. The van der Waals surface area contributed by atoms with Crippen LogP contribution in [0.25, 0.3) is 0 Å². The predicted octanol–water partition coefficient (Wildman–Crippen LogP) is 5.25. The summed E-state index contributed by atoms with van der Waals surface area (Å²) < 4.78 is 46.3.